The van der Waals surface area contributed by atoms with Gasteiger partial charge in [-0.15, -0.1) is 0 Å². The molecule has 2 aliphatic rings. The van der Waals surface area contributed by atoms with Crippen LogP contribution < -0.4 is 15.8 Å². The van der Waals surface area contributed by atoms with Crippen molar-refractivity contribution in [3.05, 3.63) is 65.2 Å². The van der Waals surface area contributed by atoms with Gasteiger partial charge in [0.2, 0.25) is 5.91 Å². The Morgan fingerprint density at radius 1 is 1.00 bits per heavy atom. The lowest BCUT2D eigenvalue weighted by atomic mass is 10.1. The zero-order valence-electron chi connectivity index (χ0n) is 18.0. The van der Waals surface area contributed by atoms with Gasteiger partial charge in [0.05, 0.1) is 12.1 Å². The number of rotatable bonds is 8. The second-order valence-electron chi connectivity index (χ2n) is 8.26. The molecule has 1 aliphatic heterocycles. The number of amides is 3. The van der Waals surface area contributed by atoms with Crippen LogP contribution in [0.1, 0.15) is 39.1 Å². The minimum Gasteiger partial charge on any atom is -0.488 e. The highest BCUT2D eigenvalue weighted by Gasteiger charge is 2.26. The fourth-order valence-corrected chi connectivity index (χ4v) is 3.75. The van der Waals surface area contributed by atoms with Crippen LogP contribution in [-0.2, 0) is 11.4 Å². The van der Waals surface area contributed by atoms with Crippen LogP contribution in [0.25, 0.3) is 0 Å². The first-order valence-corrected chi connectivity index (χ1v) is 10.9. The van der Waals surface area contributed by atoms with Gasteiger partial charge < -0.3 is 20.7 Å². The molecule has 8 heteroatoms. The van der Waals surface area contributed by atoms with Gasteiger partial charge in [-0.2, -0.15) is 0 Å². The fourth-order valence-electron chi connectivity index (χ4n) is 3.75. The van der Waals surface area contributed by atoms with E-state index in [0.717, 1.165) is 18.4 Å². The number of nitrogens with zero attached hydrogens (tertiary/aromatic N) is 2. The second kappa shape index (κ2) is 9.82. The van der Waals surface area contributed by atoms with Crippen molar-refractivity contribution < 1.29 is 19.1 Å². The van der Waals surface area contributed by atoms with Crippen molar-refractivity contribution in [3.63, 3.8) is 0 Å². The normalized spacial score (nSPS) is 16.4. The third-order valence-electron chi connectivity index (χ3n) is 5.69. The average Bonchev–Trinajstić information content (AvgIpc) is 3.62. The molecule has 1 saturated carbocycles. The van der Waals surface area contributed by atoms with Crippen molar-refractivity contribution in [2.75, 3.05) is 32.7 Å². The number of carbonyl (C=O) groups is 3. The first-order valence-electron chi connectivity index (χ1n) is 10.9. The standard InChI is InChI=1S/C24H28N4O4/c25-23(30)20-6-1-2-7-21(20)32-16-17-4-3-5-18(14-17)24(31)28-12-10-27(11-13-28)15-22(29)26-19-8-9-19/h1-7,14,19H,8-13,15-16H2,(H2,25,30)(H,26,29). The van der Waals surface area contributed by atoms with E-state index in [1.165, 1.54) is 0 Å². The van der Waals surface area contributed by atoms with E-state index in [0.29, 0.717) is 55.6 Å². The molecule has 32 heavy (non-hydrogen) atoms. The lowest BCUT2D eigenvalue weighted by molar-refractivity contribution is -0.122. The highest BCUT2D eigenvalue weighted by molar-refractivity contribution is 5.95. The predicted octanol–water partition coefficient (Wildman–Crippen LogP) is 1.40. The molecule has 1 aliphatic carbocycles. The van der Waals surface area contributed by atoms with E-state index in [4.69, 9.17) is 10.5 Å². The quantitative estimate of drug-likeness (QED) is 0.651. The van der Waals surface area contributed by atoms with E-state index in [1.54, 1.807) is 30.3 Å². The summed E-state index contributed by atoms with van der Waals surface area (Å²) in [7, 11) is 0. The van der Waals surface area contributed by atoms with Crippen LogP contribution in [0.4, 0.5) is 0 Å². The molecule has 3 N–H and O–H groups in total. The summed E-state index contributed by atoms with van der Waals surface area (Å²) in [5.41, 5.74) is 7.13. The van der Waals surface area contributed by atoms with Crippen molar-refractivity contribution in [1.29, 1.82) is 0 Å². The highest BCUT2D eigenvalue weighted by Crippen LogP contribution is 2.20. The minimum absolute atomic E-state index is 0.0357. The summed E-state index contributed by atoms with van der Waals surface area (Å²) in [5, 5.41) is 3.00. The van der Waals surface area contributed by atoms with Crippen molar-refractivity contribution in [2.45, 2.75) is 25.5 Å². The molecule has 0 radical (unpaired) electrons. The lowest BCUT2D eigenvalue weighted by Crippen LogP contribution is -2.51. The Morgan fingerprint density at radius 3 is 2.47 bits per heavy atom. The molecule has 0 bridgehead atoms. The molecule has 0 spiro atoms. The maximum Gasteiger partial charge on any atom is 0.253 e. The van der Waals surface area contributed by atoms with E-state index in [1.807, 2.05) is 23.1 Å². The molecule has 0 unspecified atom stereocenters. The Bertz CT molecular complexity index is 997. The number of primary amides is 1. The number of piperazine rings is 1. The van der Waals surface area contributed by atoms with Crippen LogP contribution in [0.15, 0.2) is 48.5 Å². The third-order valence-corrected chi connectivity index (χ3v) is 5.69. The summed E-state index contributed by atoms with van der Waals surface area (Å²) in [6.07, 6.45) is 2.16. The Hall–Kier alpha value is -3.39. The topological polar surface area (TPSA) is 105 Å². The zero-order chi connectivity index (χ0) is 22.5. The Labute approximate surface area is 187 Å². The van der Waals surface area contributed by atoms with Gasteiger partial charge in [-0.05, 0) is 42.7 Å². The summed E-state index contributed by atoms with van der Waals surface area (Å²) < 4.78 is 5.78. The molecule has 2 aromatic rings. The Morgan fingerprint density at radius 2 is 1.75 bits per heavy atom. The number of hydrogen-bond donors (Lipinski definition) is 2. The lowest BCUT2D eigenvalue weighted by Gasteiger charge is -2.34. The molecular formula is C24H28N4O4. The minimum atomic E-state index is -0.548. The van der Waals surface area contributed by atoms with Crippen molar-refractivity contribution in [1.82, 2.24) is 15.1 Å². The van der Waals surface area contributed by atoms with E-state index in [2.05, 4.69) is 10.2 Å². The second-order valence-corrected chi connectivity index (χ2v) is 8.26. The van der Waals surface area contributed by atoms with E-state index in [9.17, 15) is 14.4 Å². The first-order chi connectivity index (χ1) is 15.5. The number of nitrogens with two attached hydrogens (primary N) is 1. The summed E-state index contributed by atoms with van der Waals surface area (Å²) in [4.78, 5) is 40.4. The fraction of sp³-hybridized carbons (Fsp3) is 0.375. The Kier molecular flexibility index (Phi) is 6.70. The number of benzene rings is 2. The van der Waals surface area contributed by atoms with Crippen LogP contribution in [-0.4, -0.2) is 66.3 Å². The smallest absolute Gasteiger partial charge is 0.253 e. The van der Waals surface area contributed by atoms with Crippen LogP contribution in [0.2, 0.25) is 0 Å². The van der Waals surface area contributed by atoms with Gasteiger partial charge >= 0.3 is 0 Å². The molecule has 2 aromatic carbocycles. The van der Waals surface area contributed by atoms with Gasteiger partial charge in [0, 0.05) is 37.8 Å². The van der Waals surface area contributed by atoms with Gasteiger partial charge in [0.25, 0.3) is 11.8 Å². The third kappa shape index (κ3) is 5.64. The number of para-hydroxylation sites is 1. The summed E-state index contributed by atoms with van der Waals surface area (Å²) in [6.45, 7) is 3.13. The summed E-state index contributed by atoms with van der Waals surface area (Å²) in [5.74, 6) is -0.100. The van der Waals surface area contributed by atoms with Gasteiger partial charge in [-0.25, -0.2) is 0 Å². The molecular weight excluding hydrogens is 408 g/mol. The SMILES string of the molecule is NC(=O)c1ccccc1OCc1cccc(C(=O)N2CCN(CC(=O)NC3CC3)CC2)c1. The van der Waals surface area contributed by atoms with Crippen molar-refractivity contribution in [3.8, 4) is 5.75 Å². The number of carbonyl (C=O) groups excluding carboxylic acids is 3. The summed E-state index contributed by atoms with van der Waals surface area (Å²) in [6, 6.07) is 14.5. The van der Waals surface area contributed by atoms with Crippen LogP contribution >= 0.6 is 0 Å². The van der Waals surface area contributed by atoms with Gasteiger partial charge in [0.1, 0.15) is 12.4 Å². The molecule has 3 amide bonds. The molecule has 0 aromatic heterocycles. The highest BCUT2D eigenvalue weighted by atomic mass is 16.5. The van der Waals surface area contributed by atoms with Gasteiger partial charge in [0.15, 0.2) is 0 Å². The average molecular weight is 437 g/mol. The van der Waals surface area contributed by atoms with Crippen LogP contribution in [0.5, 0.6) is 5.75 Å². The first kappa shape index (κ1) is 21.8. The molecule has 2 fully saturated rings. The molecule has 0 atom stereocenters. The maximum absolute atomic E-state index is 13.0. The monoisotopic (exact) mass is 436 g/mol. The molecule has 1 saturated heterocycles. The van der Waals surface area contributed by atoms with Crippen molar-refractivity contribution >= 4 is 17.7 Å². The van der Waals surface area contributed by atoms with Gasteiger partial charge in [-0.3, -0.25) is 19.3 Å². The number of hydrogen-bond acceptors (Lipinski definition) is 5. The van der Waals surface area contributed by atoms with Crippen LogP contribution in [0.3, 0.4) is 0 Å². The predicted molar refractivity (Wildman–Crippen MR) is 119 cm³/mol. The Balaban J connectivity index is 1.31. The molecule has 168 valence electrons. The largest absolute Gasteiger partial charge is 0.488 e. The molecule has 8 nitrogen and oxygen atoms in total. The molecule has 4 rings (SSSR count). The molecule has 1 heterocycles. The van der Waals surface area contributed by atoms with E-state index < -0.39 is 5.91 Å². The van der Waals surface area contributed by atoms with E-state index in [-0.39, 0.29) is 18.4 Å². The zero-order valence-corrected chi connectivity index (χ0v) is 18.0. The van der Waals surface area contributed by atoms with Crippen LogP contribution in [0, 0.1) is 0 Å². The number of ether oxygens (including phenoxy) is 1. The summed E-state index contributed by atoms with van der Waals surface area (Å²) >= 11 is 0. The maximum atomic E-state index is 13.0. The van der Waals surface area contributed by atoms with E-state index >= 15 is 0 Å². The van der Waals surface area contributed by atoms with Gasteiger partial charge in [-0.1, -0.05) is 24.3 Å². The number of nitrogens with one attached hydrogen (secondary N) is 1. The van der Waals surface area contributed by atoms with Crippen molar-refractivity contribution in [2.24, 2.45) is 5.73 Å².